The number of aryl methyl sites for hydroxylation is 2. The zero-order valence-corrected chi connectivity index (χ0v) is 20.8. The first-order chi connectivity index (χ1) is 15.7. The minimum Gasteiger partial charge on any atom is -0.476 e. The lowest BCUT2D eigenvalue weighted by molar-refractivity contribution is 0.0688. The number of halogens is 2. The quantitative estimate of drug-likeness (QED) is 0.281. The molecule has 0 fully saturated rings. The maximum absolute atomic E-state index is 13.9. The van der Waals surface area contributed by atoms with Crippen LogP contribution < -0.4 is 0 Å². The molecule has 0 atom stereocenters. The topological polar surface area (TPSA) is 68.0 Å². The average molecular weight is 502 g/mol. The molecular formula is C24H21ClFN3O2S2. The van der Waals surface area contributed by atoms with Crippen LogP contribution in [0.2, 0.25) is 5.02 Å². The Hall–Kier alpha value is -2.68. The van der Waals surface area contributed by atoms with Crippen LogP contribution in [0, 0.1) is 19.7 Å². The summed E-state index contributed by atoms with van der Waals surface area (Å²) in [7, 11) is 0. The van der Waals surface area contributed by atoms with Crippen LogP contribution in [-0.4, -0.2) is 31.1 Å². The molecule has 1 N–H and O–H groups in total. The van der Waals surface area contributed by atoms with E-state index in [4.69, 9.17) is 16.6 Å². The molecule has 0 saturated heterocycles. The summed E-state index contributed by atoms with van der Waals surface area (Å²) in [5.74, 6) is -1.60. The van der Waals surface area contributed by atoms with E-state index in [2.05, 4.69) is 18.9 Å². The van der Waals surface area contributed by atoms with Crippen molar-refractivity contribution in [2.45, 2.75) is 37.2 Å². The number of hydrogen-bond donors (Lipinski definition) is 1. The van der Waals surface area contributed by atoms with Gasteiger partial charge in [-0.3, -0.25) is 0 Å². The number of carboxylic acids is 1. The molecular weight excluding hydrogens is 481 g/mol. The van der Waals surface area contributed by atoms with Crippen LogP contribution in [-0.2, 0) is 0 Å². The van der Waals surface area contributed by atoms with Crippen molar-refractivity contribution in [3.63, 3.8) is 0 Å². The van der Waals surface area contributed by atoms with Gasteiger partial charge in [0.05, 0.1) is 15.6 Å². The third kappa shape index (κ3) is 4.69. The van der Waals surface area contributed by atoms with E-state index in [1.165, 1.54) is 28.2 Å². The summed E-state index contributed by atoms with van der Waals surface area (Å²) in [5, 5.41) is 16.0. The standard InChI is InChI=1S/C24H21ClFN3O2S2/c1-12(2)32-23-20(16-8-9-18(25)13(3)10-16)27-24(33-23)29-21(22(30)31)19(14(4)28-29)15-6-5-7-17(26)11-15/h5-12H,1-4H3,(H,30,31). The summed E-state index contributed by atoms with van der Waals surface area (Å²) in [4.78, 5) is 17.1. The normalized spacial score (nSPS) is 11.4. The Morgan fingerprint density at radius 1 is 1.18 bits per heavy atom. The Kier molecular flexibility index (Phi) is 6.61. The van der Waals surface area contributed by atoms with Crippen molar-refractivity contribution in [2.24, 2.45) is 0 Å². The summed E-state index contributed by atoms with van der Waals surface area (Å²) in [6.07, 6.45) is 0. The molecule has 0 aliphatic carbocycles. The van der Waals surface area contributed by atoms with Gasteiger partial charge in [-0.15, -0.1) is 11.8 Å². The lowest BCUT2D eigenvalue weighted by Crippen LogP contribution is -2.09. The highest BCUT2D eigenvalue weighted by molar-refractivity contribution is 8.01. The van der Waals surface area contributed by atoms with E-state index in [0.717, 1.165) is 21.0 Å². The summed E-state index contributed by atoms with van der Waals surface area (Å²) in [5.41, 5.74) is 3.84. The molecule has 4 rings (SSSR count). The van der Waals surface area contributed by atoms with Crippen molar-refractivity contribution in [2.75, 3.05) is 0 Å². The molecule has 9 heteroatoms. The zero-order valence-electron chi connectivity index (χ0n) is 18.4. The minimum atomic E-state index is -1.16. The van der Waals surface area contributed by atoms with Gasteiger partial charge in [-0.05, 0) is 49.2 Å². The fourth-order valence-corrected chi connectivity index (χ4v) is 6.10. The highest BCUT2D eigenvalue weighted by atomic mass is 35.5. The largest absolute Gasteiger partial charge is 0.476 e. The Morgan fingerprint density at radius 2 is 1.94 bits per heavy atom. The molecule has 0 bridgehead atoms. The predicted octanol–water partition coefficient (Wildman–Crippen LogP) is 7.27. The van der Waals surface area contributed by atoms with Gasteiger partial charge in [0, 0.05) is 21.4 Å². The second-order valence-corrected chi connectivity index (χ2v) is 11.0. The smallest absolute Gasteiger partial charge is 0.355 e. The monoisotopic (exact) mass is 501 g/mol. The van der Waals surface area contributed by atoms with Crippen molar-refractivity contribution in [3.8, 4) is 27.5 Å². The van der Waals surface area contributed by atoms with Crippen LogP contribution in [0.3, 0.4) is 0 Å². The van der Waals surface area contributed by atoms with Crippen LogP contribution in [0.5, 0.6) is 0 Å². The fourth-order valence-electron chi connectivity index (χ4n) is 3.51. The van der Waals surface area contributed by atoms with E-state index in [9.17, 15) is 14.3 Å². The number of aromatic nitrogens is 3. The van der Waals surface area contributed by atoms with Gasteiger partial charge in [-0.25, -0.2) is 14.2 Å². The molecule has 0 aliphatic heterocycles. The number of thioether (sulfide) groups is 1. The highest BCUT2D eigenvalue weighted by Crippen LogP contribution is 2.41. The minimum absolute atomic E-state index is 0.0493. The first-order valence-corrected chi connectivity index (χ1v) is 12.3. The lowest BCUT2D eigenvalue weighted by atomic mass is 10.0. The molecule has 0 radical (unpaired) electrons. The van der Waals surface area contributed by atoms with E-state index >= 15 is 0 Å². The summed E-state index contributed by atoms with van der Waals surface area (Å²) in [6.45, 7) is 7.82. The van der Waals surface area contributed by atoms with Crippen LogP contribution in [0.25, 0.3) is 27.5 Å². The number of benzene rings is 2. The van der Waals surface area contributed by atoms with Gasteiger partial charge < -0.3 is 5.11 Å². The summed E-state index contributed by atoms with van der Waals surface area (Å²) in [6, 6.07) is 11.6. The third-order valence-corrected chi connectivity index (χ3v) is 7.58. The third-order valence-electron chi connectivity index (χ3n) is 4.92. The molecule has 2 aromatic carbocycles. The number of rotatable bonds is 6. The van der Waals surface area contributed by atoms with Crippen molar-refractivity contribution in [1.82, 2.24) is 14.8 Å². The van der Waals surface area contributed by atoms with E-state index < -0.39 is 11.8 Å². The molecule has 2 aromatic heterocycles. The van der Waals surface area contributed by atoms with E-state index in [-0.39, 0.29) is 5.69 Å². The Morgan fingerprint density at radius 3 is 2.58 bits per heavy atom. The van der Waals surface area contributed by atoms with Crippen LogP contribution in [0.15, 0.2) is 46.7 Å². The fraction of sp³-hybridized carbons (Fsp3) is 0.208. The first kappa shape index (κ1) is 23.5. The highest BCUT2D eigenvalue weighted by Gasteiger charge is 2.27. The maximum Gasteiger partial charge on any atom is 0.355 e. The second-order valence-electron chi connectivity index (χ2n) is 7.80. The van der Waals surface area contributed by atoms with Crippen molar-refractivity contribution < 1.29 is 14.3 Å². The number of aromatic carboxylic acids is 1. The number of carbonyl (C=O) groups is 1. The Balaban J connectivity index is 1.92. The van der Waals surface area contributed by atoms with Crippen molar-refractivity contribution in [3.05, 3.63) is 70.3 Å². The molecule has 0 unspecified atom stereocenters. The number of carboxylic acid groups (broad SMARTS) is 1. The van der Waals surface area contributed by atoms with Gasteiger partial charge in [-0.2, -0.15) is 9.78 Å². The number of hydrogen-bond acceptors (Lipinski definition) is 5. The lowest BCUT2D eigenvalue weighted by Gasteiger charge is -2.06. The summed E-state index contributed by atoms with van der Waals surface area (Å²) < 4.78 is 16.2. The zero-order chi connectivity index (χ0) is 23.9. The molecule has 0 aliphatic rings. The van der Waals surface area contributed by atoms with Gasteiger partial charge in [-0.1, -0.05) is 55.0 Å². The predicted molar refractivity (Wildman–Crippen MR) is 133 cm³/mol. The molecule has 0 spiro atoms. The number of thiazole rings is 1. The molecule has 33 heavy (non-hydrogen) atoms. The molecule has 170 valence electrons. The maximum atomic E-state index is 13.9. The summed E-state index contributed by atoms with van der Waals surface area (Å²) >= 11 is 9.24. The number of nitrogens with zero attached hydrogens (tertiary/aromatic N) is 3. The Bertz CT molecular complexity index is 1360. The van der Waals surface area contributed by atoms with E-state index in [1.54, 1.807) is 30.8 Å². The van der Waals surface area contributed by atoms with Gasteiger partial charge in [0.2, 0.25) is 5.13 Å². The van der Waals surface area contributed by atoms with Gasteiger partial charge in [0.1, 0.15) is 5.82 Å². The van der Waals surface area contributed by atoms with E-state index in [0.29, 0.717) is 32.2 Å². The Labute approximate surface area is 204 Å². The van der Waals surface area contributed by atoms with Gasteiger partial charge in [0.15, 0.2) is 5.69 Å². The average Bonchev–Trinajstić information content (AvgIpc) is 3.30. The molecule has 5 nitrogen and oxygen atoms in total. The van der Waals surface area contributed by atoms with Crippen molar-refractivity contribution >= 4 is 40.7 Å². The first-order valence-electron chi connectivity index (χ1n) is 10.2. The second kappa shape index (κ2) is 9.29. The van der Waals surface area contributed by atoms with Crippen molar-refractivity contribution in [1.29, 1.82) is 0 Å². The molecule has 0 saturated carbocycles. The van der Waals surface area contributed by atoms with Crippen LogP contribution >= 0.6 is 34.7 Å². The van der Waals surface area contributed by atoms with Gasteiger partial charge in [0.25, 0.3) is 0 Å². The molecule has 2 heterocycles. The SMILES string of the molecule is Cc1cc(-c2nc(-n3nc(C)c(-c4cccc(F)c4)c3C(=O)O)sc2SC(C)C)ccc1Cl. The molecule has 0 amide bonds. The molecule has 4 aromatic rings. The van der Waals surface area contributed by atoms with Gasteiger partial charge >= 0.3 is 5.97 Å². The van der Waals surface area contributed by atoms with Crippen LogP contribution in [0.4, 0.5) is 4.39 Å². The van der Waals surface area contributed by atoms with E-state index in [1.807, 2.05) is 25.1 Å². The van der Waals surface area contributed by atoms with Crippen LogP contribution in [0.1, 0.15) is 35.6 Å².